The second kappa shape index (κ2) is 7.12. The zero-order chi connectivity index (χ0) is 17.5. The van der Waals surface area contributed by atoms with Crippen molar-refractivity contribution in [3.8, 4) is 0 Å². The van der Waals surface area contributed by atoms with Crippen molar-refractivity contribution in [3.05, 3.63) is 28.9 Å². The Labute approximate surface area is 159 Å². The van der Waals surface area contributed by atoms with E-state index in [2.05, 4.69) is 26.8 Å². The van der Waals surface area contributed by atoms with Gasteiger partial charge in [-0.1, -0.05) is 11.6 Å². The normalized spacial score (nSPS) is 26.3. The number of piperidine rings is 1. The lowest BCUT2D eigenvalue weighted by Gasteiger charge is -2.41. The molecule has 3 saturated heterocycles. The second-order valence-corrected chi connectivity index (χ2v) is 8.25. The molecule has 5 nitrogen and oxygen atoms in total. The van der Waals surface area contributed by atoms with E-state index in [1.807, 2.05) is 6.20 Å². The van der Waals surface area contributed by atoms with Gasteiger partial charge in [0.15, 0.2) is 6.23 Å². The number of fused-ring (bicyclic) bond motifs is 1. The molecule has 0 saturated carbocycles. The summed E-state index contributed by atoms with van der Waals surface area (Å²) in [5.74, 6) is 0.528. The van der Waals surface area contributed by atoms with Crippen molar-refractivity contribution in [2.75, 3.05) is 32.9 Å². The average Bonchev–Trinajstić information content (AvgIpc) is 3.04. The standard InChI is InChI=1S/C20H26ClN3O2/c21-18-9-15-11-22-24(20-3-1-2-8-26-20)19(15)10-17(18)14-4-6-23(7-5-14)16-12-25-13-16/h9-11,14,16,20H,1-8,12-13H2. The summed E-state index contributed by atoms with van der Waals surface area (Å²) < 4.78 is 13.4. The quantitative estimate of drug-likeness (QED) is 0.813. The molecular weight excluding hydrogens is 350 g/mol. The second-order valence-electron chi connectivity index (χ2n) is 7.84. The maximum atomic E-state index is 6.67. The Kier molecular flexibility index (Phi) is 4.65. The minimum atomic E-state index is 0.0655. The largest absolute Gasteiger partial charge is 0.378 e. The van der Waals surface area contributed by atoms with Gasteiger partial charge in [0, 0.05) is 17.0 Å². The van der Waals surface area contributed by atoms with Crippen LogP contribution in [0.1, 0.15) is 49.8 Å². The first kappa shape index (κ1) is 17.0. The maximum absolute atomic E-state index is 6.67. The van der Waals surface area contributed by atoms with Gasteiger partial charge < -0.3 is 9.47 Å². The first-order valence-corrected chi connectivity index (χ1v) is 10.3. The third-order valence-electron chi connectivity index (χ3n) is 6.25. The van der Waals surface area contributed by atoms with Crippen molar-refractivity contribution in [2.24, 2.45) is 0 Å². The van der Waals surface area contributed by atoms with E-state index in [4.69, 9.17) is 21.1 Å². The van der Waals surface area contributed by atoms with Crippen LogP contribution in [0.5, 0.6) is 0 Å². The number of hydrogen-bond donors (Lipinski definition) is 0. The molecule has 6 heteroatoms. The zero-order valence-electron chi connectivity index (χ0n) is 15.1. The third kappa shape index (κ3) is 3.05. The summed E-state index contributed by atoms with van der Waals surface area (Å²) in [6.45, 7) is 4.90. The molecule has 5 rings (SSSR count). The molecule has 3 fully saturated rings. The highest BCUT2D eigenvalue weighted by atomic mass is 35.5. The molecule has 1 aromatic heterocycles. The molecule has 0 aliphatic carbocycles. The molecule has 0 N–H and O–H groups in total. The molecule has 0 amide bonds. The Morgan fingerprint density at radius 3 is 2.62 bits per heavy atom. The van der Waals surface area contributed by atoms with Gasteiger partial charge in [-0.05, 0) is 68.8 Å². The van der Waals surface area contributed by atoms with E-state index in [0.29, 0.717) is 12.0 Å². The van der Waals surface area contributed by atoms with E-state index in [1.165, 1.54) is 12.0 Å². The molecular formula is C20H26ClN3O2. The highest BCUT2D eigenvalue weighted by Crippen LogP contribution is 2.37. The summed E-state index contributed by atoms with van der Waals surface area (Å²) in [6.07, 6.45) is 7.70. The number of likely N-dealkylation sites (tertiary alicyclic amines) is 1. The highest BCUT2D eigenvalue weighted by Gasteiger charge is 2.31. The van der Waals surface area contributed by atoms with Gasteiger partial charge in [0.1, 0.15) is 0 Å². The lowest BCUT2D eigenvalue weighted by molar-refractivity contribution is -0.0712. The lowest BCUT2D eigenvalue weighted by Crippen LogP contribution is -2.51. The molecule has 4 heterocycles. The molecule has 3 aliphatic rings. The fourth-order valence-electron chi connectivity index (χ4n) is 4.55. The van der Waals surface area contributed by atoms with Crippen LogP contribution in [0.4, 0.5) is 0 Å². The summed E-state index contributed by atoms with van der Waals surface area (Å²) in [4.78, 5) is 2.58. The number of aromatic nitrogens is 2. The van der Waals surface area contributed by atoms with Gasteiger partial charge in [0.25, 0.3) is 0 Å². The predicted molar refractivity (Wildman–Crippen MR) is 102 cm³/mol. The van der Waals surface area contributed by atoms with Crippen molar-refractivity contribution in [1.29, 1.82) is 0 Å². The number of halogens is 1. The van der Waals surface area contributed by atoms with Gasteiger partial charge in [-0.2, -0.15) is 5.10 Å². The van der Waals surface area contributed by atoms with E-state index in [-0.39, 0.29) is 6.23 Å². The predicted octanol–water partition coefficient (Wildman–Crippen LogP) is 3.97. The van der Waals surface area contributed by atoms with Crippen LogP contribution in [0.15, 0.2) is 18.3 Å². The molecule has 1 aromatic carbocycles. The summed E-state index contributed by atoms with van der Waals surface area (Å²) >= 11 is 6.67. The maximum Gasteiger partial charge on any atom is 0.150 e. The first-order chi connectivity index (χ1) is 12.8. The Morgan fingerprint density at radius 2 is 1.92 bits per heavy atom. The third-order valence-corrected chi connectivity index (χ3v) is 6.58. The van der Waals surface area contributed by atoms with Crippen LogP contribution in [0.25, 0.3) is 10.9 Å². The minimum Gasteiger partial charge on any atom is -0.378 e. The van der Waals surface area contributed by atoms with E-state index < -0.39 is 0 Å². The Hall–Kier alpha value is -1.14. The van der Waals surface area contributed by atoms with Crippen LogP contribution in [0.2, 0.25) is 5.02 Å². The zero-order valence-corrected chi connectivity index (χ0v) is 15.8. The molecule has 0 radical (unpaired) electrons. The van der Waals surface area contributed by atoms with Crippen LogP contribution in [-0.2, 0) is 9.47 Å². The number of ether oxygens (including phenoxy) is 2. The number of benzene rings is 1. The van der Waals surface area contributed by atoms with E-state index in [9.17, 15) is 0 Å². The molecule has 0 bridgehead atoms. The molecule has 1 atom stereocenters. The van der Waals surface area contributed by atoms with Crippen LogP contribution in [0.3, 0.4) is 0 Å². The molecule has 2 aromatic rings. The first-order valence-electron chi connectivity index (χ1n) is 9.89. The molecule has 0 spiro atoms. The monoisotopic (exact) mass is 375 g/mol. The van der Waals surface area contributed by atoms with Crippen molar-refractivity contribution >= 4 is 22.5 Å². The number of nitrogens with zero attached hydrogens (tertiary/aromatic N) is 3. The fraction of sp³-hybridized carbons (Fsp3) is 0.650. The van der Waals surface area contributed by atoms with Gasteiger partial charge in [0.05, 0.1) is 31.0 Å². The van der Waals surface area contributed by atoms with Crippen molar-refractivity contribution in [2.45, 2.75) is 50.3 Å². The summed E-state index contributed by atoms with van der Waals surface area (Å²) in [6, 6.07) is 5.00. The SMILES string of the molecule is Clc1cc2cnn(C3CCCCO3)c2cc1C1CCN(C2COC2)CC1. The van der Waals surface area contributed by atoms with Crippen LogP contribution in [0, 0.1) is 0 Å². The topological polar surface area (TPSA) is 39.5 Å². The fourth-order valence-corrected chi connectivity index (χ4v) is 4.88. The van der Waals surface area contributed by atoms with Gasteiger partial charge in [-0.3, -0.25) is 4.90 Å². The summed E-state index contributed by atoms with van der Waals surface area (Å²) in [7, 11) is 0. The van der Waals surface area contributed by atoms with Crippen LogP contribution >= 0.6 is 11.6 Å². The minimum absolute atomic E-state index is 0.0655. The highest BCUT2D eigenvalue weighted by molar-refractivity contribution is 6.32. The number of hydrogen-bond acceptors (Lipinski definition) is 4. The summed E-state index contributed by atoms with van der Waals surface area (Å²) in [5, 5.41) is 6.60. The summed E-state index contributed by atoms with van der Waals surface area (Å²) in [5.41, 5.74) is 2.44. The Bertz CT molecular complexity index is 775. The molecule has 1 unspecified atom stereocenters. The van der Waals surface area contributed by atoms with Gasteiger partial charge >= 0.3 is 0 Å². The molecule has 3 aliphatic heterocycles. The van der Waals surface area contributed by atoms with Crippen molar-refractivity contribution in [1.82, 2.24) is 14.7 Å². The number of rotatable bonds is 3. The van der Waals surface area contributed by atoms with Crippen molar-refractivity contribution in [3.63, 3.8) is 0 Å². The Morgan fingerprint density at radius 1 is 1.08 bits per heavy atom. The lowest BCUT2D eigenvalue weighted by atomic mass is 9.88. The Balaban J connectivity index is 1.39. The van der Waals surface area contributed by atoms with E-state index >= 15 is 0 Å². The van der Waals surface area contributed by atoms with Crippen LogP contribution in [-0.4, -0.2) is 53.6 Å². The smallest absolute Gasteiger partial charge is 0.150 e. The molecule has 26 heavy (non-hydrogen) atoms. The van der Waals surface area contributed by atoms with Gasteiger partial charge in [-0.25, -0.2) is 4.68 Å². The average molecular weight is 376 g/mol. The van der Waals surface area contributed by atoms with Crippen molar-refractivity contribution < 1.29 is 9.47 Å². The van der Waals surface area contributed by atoms with E-state index in [0.717, 1.165) is 74.5 Å². The van der Waals surface area contributed by atoms with Crippen LogP contribution < -0.4 is 0 Å². The van der Waals surface area contributed by atoms with E-state index in [1.54, 1.807) is 0 Å². The van der Waals surface area contributed by atoms with Gasteiger partial charge in [-0.15, -0.1) is 0 Å². The van der Waals surface area contributed by atoms with Gasteiger partial charge in [0.2, 0.25) is 0 Å². The molecule has 140 valence electrons.